The van der Waals surface area contributed by atoms with Crippen LogP contribution >= 0.6 is 0 Å². The molecular formula is C56H33NO. The van der Waals surface area contributed by atoms with E-state index in [2.05, 4.69) is 205 Å². The van der Waals surface area contributed by atoms with Crippen LogP contribution < -0.4 is 0 Å². The first-order valence-electron chi connectivity index (χ1n) is 20.0. The molecule has 0 radical (unpaired) electrons. The molecule has 0 unspecified atom stereocenters. The van der Waals surface area contributed by atoms with Gasteiger partial charge in [-0.25, -0.2) is 0 Å². The van der Waals surface area contributed by atoms with Crippen molar-refractivity contribution in [3.05, 3.63) is 200 Å². The van der Waals surface area contributed by atoms with Crippen LogP contribution in [0.5, 0.6) is 0 Å². The molecule has 0 aliphatic rings. The van der Waals surface area contributed by atoms with Crippen molar-refractivity contribution in [3.63, 3.8) is 0 Å². The fourth-order valence-corrected chi connectivity index (χ4v) is 9.86. The number of fused-ring (bicyclic) bond motifs is 15. The predicted octanol–water partition coefficient (Wildman–Crippen LogP) is 15.8. The van der Waals surface area contributed by atoms with E-state index in [0.29, 0.717) is 0 Å². The summed E-state index contributed by atoms with van der Waals surface area (Å²) < 4.78 is 8.92. The molecule has 58 heavy (non-hydrogen) atoms. The van der Waals surface area contributed by atoms with Crippen molar-refractivity contribution >= 4 is 97.6 Å². The van der Waals surface area contributed by atoms with Crippen molar-refractivity contribution in [1.82, 2.24) is 4.57 Å². The Morgan fingerprint density at radius 1 is 0.310 bits per heavy atom. The minimum absolute atomic E-state index is 0.898. The lowest BCUT2D eigenvalue weighted by molar-refractivity contribution is 0.669. The third kappa shape index (κ3) is 4.48. The van der Waals surface area contributed by atoms with E-state index < -0.39 is 0 Å². The molecule has 0 saturated heterocycles. The second kappa shape index (κ2) is 11.9. The lowest BCUT2D eigenvalue weighted by atomic mass is 9.90. The monoisotopic (exact) mass is 735 g/mol. The first-order valence-corrected chi connectivity index (χ1v) is 20.0. The van der Waals surface area contributed by atoms with Gasteiger partial charge in [-0.3, -0.25) is 0 Å². The van der Waals surface area contributed by atoms with Crippen LogP contribution in [-0.4, -0.2) is 4.57 Å². The van der Waals surface area contributed by atoms with Gasteiger partial charge in [-0.15, -0.1) is 0 Å². The maximum atomic E-state index is 6.43. The Labute approximate surface area is 333 Å². The van der Waals surface area contributed by atoms with E-state index in [1.54, 1.807) is 0 Å². The highest BCUT2D eigenvalue weighted by molar-refractivity contribution is 6.33. The van der Waals surface area contributed by atoms with Gasteiger partial charge in [0.1, 0.15) is 11.2 Å². The summed E-state index contributed by atoms with van der Waals surface area (Å²) in [6.45, 7) is 0. The van der Waals surface area contributed by atoms with Gasteiger partial charge in [0.25, 0.3) is 0 Å². The van der Waals surface area contributed by atoms with Crippen LogP contribution in [0.15, 0.2) is 205 Å². The molecule has 2 nitrogen and oxygen atoms in total. The van der Waals surface area contributed by atoms with E-state index in [1.165, 1.54) is 104 Å². The van der Waals surface area contributed by atoms with Crippen LogP contribution in [0.3, 0.4) is 0 Å². The SMILES string of the molecule is c1ccc2cc(-n3c4ccccc4c4ccc5c6ccccc6c6cc(-c7ccc8oc9ccc(-c%10cccc%11ccccc%10%11)cc9c8c7)ccc6c5c43)ccc2c1. The minimum atomic E-state index is 0.898. The van der Waals surface area contributed by atoms with E-state index in [9.17, 15) is 0 Å². The Balaban J connectivity index is 1.06. The predicted molar refractivity (Wildman–Crippen MR) is 246 cm³/mol. The third-order valence-corrected chi connectivity index (χ3v) is 12.5. The Bertz CT molecular complexity index is 3860. The van der Waals surface area contributed by atoms with Crippen LogP contribution in [0.4, 0.5) is 0 Å². The summed E-state index contributed by atoms with van der Waals surface area (Å²) in [5.41, 5.74) is 10.2. The standard InChI is InChI=1S/C56H33NO/c1-2-12-36-30-40(24-20-34(36)10-1)57-52-19-8-7-17-45(52)48-27-26-46-43-15-5-6-16-44(43)49-31-37(21-25-47(49)55(46)56(48)57)38-22-28-53-50(32-38)51-33-39(23-29-54(51)58-53)42-18-9-13-35-11-3-4-14-41(35)42/h1-33H. The molecule has 2 aromatic heterocycles. The second-order valence-electron chi connectivity index (χ2n) is 15.6. The van der Waals surface area contributed by atoms with E-state index in [-0.39, 0.29) is 0 Å². The molecule has 0 spiro atoms. The number of furan rings is 1. The summed E-state index contributed by atoms with van der Waals surface area (Å²) in [6, 6.07) is 73.4. The van der Waals surface area contributed by atoms with Gasteiger partial charge in [-0.05, 0) is 119 Å². The highest BCUT2D eigenvalue weighted by Gasteiger charge is 2.20. The molecule has 0 aliphatic carbocycles. The average molecular weight is 736 g/mol. The molecule has 2 heterocycles. The summed E-state index contributed by atoms with van der Waals surface area (Å²) in [7, 11) is 0. The summed E-state index contributed by atoms with van der Waals surface area (Å²) >= 11 is 0. The largest absolute Gasteiger partial charge is 0.456 e. The number of hydrogen-bond donors (Lipinski definition) is 0. The summed E-state index contributed by atoms with van der Waals surface area (Å²) in [6.07, 6.45) is 0. The number of hydrogen-bond acceptors (Lipinski definition) is 1. The molecule has 2 heteroatoms. The zero-order valence-corrected chi connectivity index (χ0v) is 31.4. The quantitative estimate of drug-likeness (QED) is 0.165. The van der Waals surface area contributed by atoms with Gasteiger partial charge in [0.2, 0.25) is 0 Å². The summed E-state index contributed by atoms with van der Waals surface area (Å²) in [5.74, 6) is 0. The van der Waals surface area contributed by atoms with Crippen molar-refractivity contribution in [2.45, 2.75) is 0 Å². The fourth-order valence-electron chi connectivity index (χ4n) is 9.86. The van der Waals surface area contributed by atoms with Gasteiger partial charge < -0.3 is 8.98 Å². The molecule has 0 bridgehead atoms. The summed E-state index contributed by atoms with van der Waals surface area (Å²) in [4.78, 5) is 0. The number of rotatable bonds is 3. The lowest BCUT2D eigenvalue weighted by Crippen LogP contribution is -1.95. The fraction of sp³-hybridized carbons (Fsp3) is 0. The van der Waals surface area contributed by atoms with Crippen LogP contribution in [-0.2, 0) is 0 Å². The van der Waals surface area contributed by atoms with Crippen molar-refractivity contribution < 1.29 is 4.42 Å². The van der Waals surface area contributed by atoms with Crippen LogP contribution in [0.25, 0.3) is 126 Å². The minimum Gasteiger partial charge on any atom is -0.456 e. The van der Waals surface area contributed by atoms with Crippen molar-refractivity contribution in [2.75, 3.05) is 0 Å². The van der Waals surface area contributed by atoms with Gasteiger partial charge in [-0.2, -0.15) is 0 Å². The number of para-hydroxylation sites is 1. The van der Waals surface area contributed by atoms with E-state index >= 15 is 0 Å². The van der Waals surface area contributed by atoms with E-state index in [0.717, 1.165) is 21.9 Å². The molecule has 13 rings (SSSR count). The van der Waals surface area contributed by atoms with Gasteiger partial charge in [0, 0.05) is 32.6 Å². The van der Waals surface area contributed by atoms with Crippen molar-refractivity contribution in [2.24, 2.45) is 0 Å². The highest BCUT2D eigenvalue weighted by atomic mass is 16.3. The number of nitrogens with zero attached hydrogens (tertiary/aromatic N) is 1. The molecule has 0 aliphatic heterocycles. The van der Waals surface area contributed by atoms with Crippen LogP contribution in [0.1, 0.15) is 0 Å². The highest BCUT2D eigenvalue weighted by Crippen LogP contribution is 2.45. The Morgan fingerprint density at radius 3 is 1.71 bits per heavy atom. The van der Waals surface area contributed by atoms with Crippen molar-refractivity contribution in [1.29, 1.82) is 0 Å². The molecule has 0 fully saturated rings. The molecule has 11 aromatic carbocycles. The molecule has 13 aromatic rings. The average Bonchev–Trinajstić information content (AvgIpc) is 3.83. The van der Waals surface area contributed by atoms with Gasteiger partial charge in [0.15, 0.2) is 0 Å². The second-order valence-corrected chi connectivity index (χ2v) is 15.6. The van der Waals surface area contributed by atoms with E-state index in [4.69, 9.17) is 4.42 Å². The maximum absolute atomic E-state index is 6.43. The molecule has 0 N–H and O–H groups in total. The molecular weight excluding hydrogens is 703 g/mol. The first kappa shape index (κ1) is 31.5. The van der Waals surface area contributed by atoms with E-state index in [1.807, 2.05) is 0 Å². The van der Waals surface area contributed by atoms with Crippen LogP contribution in [0.2, 0.25) is 0 Å². The lowest BCUT2D eigenvalue weighted by Gasteiger charge is -2.16. The molecule has 0 amide bonds. The first-order chi connectivity index (χ1) is 28.7. The Hall–Kier alpha value is -7.68. The van der Waals surface area contributed by atoms with Gasteiger partial charge in [-0.1, -0.05) is 152 Å². The number of aromatic nitrogens is 1. The van der Waals surface area contributed by atoms with Gasteiger partial charge >= 0.3 is 0 Å². The van der Waals surface area contributed by atoms with Crippen molar-refractivity contribution in [3.8, 4) is 27.9 Å². The zero-order chi connectivity index (χ0) is 37.9. The number of benzene rings is 11. The summed E-state index contributed by atoms with van der Waals surface area (Å²) in [5, 5.41) is 17.3. The topological polar surface area (TPSA) is 18.1 Å². The smallest absolute Gasteiger partial charge is 0.135 e. The Kier molecular flexibility index (Phi) is 6.47. The molecule has 0 saturated carbocycles. The maximum Gasteiger partial charge on any atom is 0.135 e. The van der Waals surface area contributed by atoms with Crippen LogP contribution in [0, 0.1) is 0 Å². The third-order valence-electron chi connectivity index (χ3n) is 12.5. The normalized spacial score (nSPS) is 12.1. The zero-order valence-electron chi connectivity index (χ0n) is 31.4. The van der Waals surface area contributed by atoms with Gasteiger partial charge in [0.05, 0.1) is 11.0 Å². The Morgan fingerprint density at radius 2 is 0.879 bits per heavy atom. The molecule has 268 valence electrons. The molecule has 0 atom stereocenters.